The van der Waals surface area contributed by atoms with E-state index in [9.17, 15) is 4.79 Å². The summed E-state index contributed by atoms with van der Waals surface area (Å²) in [6.45, 7) is 0.960. The van der Waals surface area contributed by atoms with E-state index in [0.29, 0.717) is 24.3 Å². The van der Waals surface area contributed by atoms with Gasteiger partial charge in [0.1, 0.15) is 5.75 Å². The van der Waals surface area contributed by atoms with Gasteiger partial charge in [-0.15, -0.1) is 11.3 Å². The molecule has 0 aliphatic heterocycles. The first-order chi connectivity index (χ1) is 14.1. The van der Waals surface area contributed by atoms with Crippen LogP contribution in [-0.4, -0.2) is 27.8 Å². The third-order valence-electron chi connectivity index (χ3n) is 4.66. The van der Waals surface area contributed by atoms with Crippen molar-refractivity contribution in [2.45, 2.75) is 19.5 Å². The number of aromatic nitrogens is 3. The van der Waals surface area contributed by atoms with Gasteiger partial charge in [-0.1, -0.05) is 24.3 Å². The number of aromatic amines is 1. The van der Waals surface area contributed by atoms with Crippen LogP contribution in [0.15, 0.2) is 53.9 Å². The third kappa shape index (κ3) is 4.38. The maximum atomic E-state index is 12.4. The van der Waals surface area contributed by atoms with Gasteiger partial charge in [-0.05, 0) is 58.2 Å². The largest absolute Gasteiger partial charge is 0.497 e. The fourth-order valence-electron chi connectivity index (χ4n) is 3.13. The Balaban J connectivity index is 1.37. The van der Waals surface area contributed by atoms with Crippen LogP contribution < -0.4 is 10.1 Å². The van der Waals surface area contributed by atoms with Crippen LogP contribution in [0.4, 0.5) is 0 Å². The van der Waals surface area contributed by atoms with Crippen LogP contribution in [0.1, 0.15) is 12.0 Å². The molecule has 6 nitrogen and oxygen atoms in total. The predicted molar refractivity (Wildman–Crippen MR) is 118 cm³/mol. The molecule has 0 unspecified atom stereocenters. The Morgan fingerprint density at radius 1 is 1.24 bits per heavy atom. The quantitative estimate of drug-likeness (QED) is 0.427. The zero-order valence-corrected chi connectivity index (χ0v) is 17.5. The molecule has 2 heterocycles. The molecular formula is C21H20N4O2S2. The van der Waals surface area contributed by atoms with Gasteiger partial charge >= 0.3 is 0 Å². The lowest BCUT2D eigenvalue weighted by Crippen LogP contribution is -2.24. The van der Waals surface area contributed by atoms with Crippen molar-refractivity contribution in [1.29, 1.82) is 0 Å². The van der Waals surface area contributed by atoms with Crippen molar-refractivity contribution < 1.29 is 9.53 Å². The lowest BCUT2D eigenvalue weighted by Gasteiger charge is -2.09. The Hall–Kier alpha value is -2.97. The maximum Gasteiger partial charge on any atom is 0.222 e. The Morgan fingerprint density at radius 3 is 2.86 bits per heavy atom. The minimum absolute atomic E-state index is 0.0277. The molecule has 0 aliphatic rings. The van der Waals surface area contributed by atoms with Crippen molar-refractivity contribution in [3.8, 4) is 16.5 Å². The third-order valence-corrected chi connectivity index (χ3v) is 5.84. The number of benzene rings is 2. The summed E-state index contributed by atoms with van der Waals surface area (Å²) in [5.41, 5.74) is 1.05. The van der Waals surface area contributed by atoms with Crippen molar-refractivity contribution >= 4 is 40.2 Å². The molecule has 0 saturated carbocycles. The minimum Gasteiger partial charge on any atom is -0.497 e. The molecule has 0 spiro atoms. The van der Waals surface area contributed by atoms with Crippen molar-refractivity contribution in [3.05, 3.63) is 64.2 Å². The van der Waals surface area contributed by atoms with E-state index in [1.807, 2.05) is 52.4 Å². The van der Waals surface area contributed by atoms with E-state index in [4.69, 9.17) is 17.0 Å². The summed E-state index contributed by atoms with van der Waals surface area (Å²) in [4.78, 5) is 13.4. The second-order valence-corrected chi connectivity index (χ2v) is 7.89. The molecule has 0 aliphatic carbocycles. The molecule has 0 atom stereocenters. The first-order valence-corrected chi connectivity index (χ1v) is 10.5. The second kappa shape index (κ2) is 8.59. The van der Waals surface area contributed by atoms with E-state index in [0.717, 1.165) is 32.8 Å². The monoisotopic (exact) mass is 424 g/mol. The molecule has 0 fully saturated rings. The number of methoxy groups -OCH3 is 1. The van der Waals surface area contributed by atoms with Crippen LogP contribution in [0.2, 0.25) is 0 Å². The summed E-state index contributed by atoms with van der Waals surface area (Å²) < 4.78 is 7.64. The summed E-state index contributed by atoms with van der Waals surface area (Å²) in [5, 5.41) is 14.3. The fourth-order valence-corrected chi connectivity index (χ4v) is 4.08. The molecular weight excluding hydrogens is 404 g/mol. The average molecular weight is 425 g/mol. The van der Waals surface area contributed by atoms with Gasteiger partial charge in [0, 0.05) is 19.5 Å². The highest BCUT2D eigenvalue weighted by Crippen LogP contribution is 2.23. The average Bonchev–Trinajstić information content (AvgIpc) is 3.39. The van der Waals surface area contributed by atoms with Gasteiger partial charge in [-0.25, -0.2) is 0 Å². The molecule has 4 aromatic rings. The van der Waals surface area contributed by atoms with Gasteiger partial charge in [0.15, 0.2) is 10.6 Å². The molecule has 0 bridgehead atoms. The van der Waals surface area contributed by atoms with Crippen LogP contribution in [0, 0.1) is 4.77 Å². The van der Waals surface area contributed by atoms with E-state index >= 15 is 0 Å². The van der Waals surface area contributed by atoms with E-state index in [2.05, 4.69) is 21.6 Å². The number of nitrogens with one attached hydrogen (secondary N) is 2. The Bertz CT molecular complexity index is 1200. The zero-order valence-electron chi connectivity index (χ0n) is 15.8. The number of hydrogen-bond donors (Lipinski definition) is 2. The van der Waals surface area contributed by atoms with Gasteiger partial charge in [0.25, 0.3) is 0 Å². The van der Waals surface area contributed by atoms with E-state index in [1.54, 1.807) is 18.4 Å². The standard InChI is InChI=1S/C21H20N4O2S2/c1-27-17-7-6-15-11-14(4-5-16(15)12-17)13-22-19(26)8-9-25-20(23-24-21(25)28)18-3-2-10-29-18/h2-7,10-12H,8-9,13H2,1H3,(H,22,26)(H,24,28). The molecule has 8 heteroatoms. The fraction of sp³-hybridized carbons (Fsp3) is 0.190. The number of amides is 1. The molecule has 0 saturated heterocycles. The van der Waals surface area contributed by atoms with Crippen LogP contribution in [0.5, 0.6) is 5.75 Å². The molecule has 1 amide bonds. The summed E-state index contributed by atoms with van der Waals surface area (Å²) in [6, 6.07) is 16.0. The van der Waals surface area contributed by atoms with Gasteiger partial charge in [0.2, 0.25) is 5.91 Å². The number of rotatable bonds is 7. The molecule has 2 aromatic heterocycles. The smallest absolute Gasteiger partial charge is 0.222 e. The topological polar surface area (TPSA) is 71.9 Å². The highest BCUT2D eigenvalue weighted by molar-refractivity contribution is 7.71. The van der Waals surface area contributed by atoms with Crippen molar-refractivity contribution in [1.82, 2.24) is 20.1 Å². The molecule has 148 valence electrons. The van der Waals surface area contributed by atoms with Crippen LogP contribution in [0.3, 0.4) is 0 Å². The van der Waals surface area contributed by atoms with Gasteiger partial charge in [-0.2, -0.15) is 5.10 Å². The number of H-pyrrole nitrogens is 1. The van der Waals surface area contributed by atoms with Crippen molar-refractivity contribution in [2.24, 2.45) is 0 Å². The second-order valence-electron chi connectivity index (χ2n) is 6.56. The molecule has 29 heavy (non-hydrogen) atoms. The Morgan fingerprint density at radius 2 is 2.07 bits per heavy atom. The number of thiophene rings is 1. The summed E-state index contributed by atoms with van der Waals surface area (Å²) in [5.74, 6) is 1.57. The van der Waals surface area contributed by atoms with E-state index in [1.165, 1.54) is 0 Å². The molecule has 2 N–H and O–H groups in total. The number of carbonyl (C=O) groups is 1. The van der Waals surface area contributed by atoms with Crippen molar-refractivity contribution in [2.75, 3.05) is 7.11 Å². The lowest BCUT2D eigenvalue weighted by molar-refractivity contribution is -0.121. The first kappa shape index (κ1) is 19.4. The maximum absolute atomic E-state index is 12.4. The minimum atomic E-state index is -0.0277. The van der Waals surface area contributed by atoms with Crippen LogP contribution in [-0.2, 0) is 17.9 Å². The zero-order chi connectivity index (χ0) is 20.2. The summed E-state index contributed by atoms with van der Waals surface area (Å²) in [7, 11) is 1.66. The highest BCUT2D eigenvalue weighted by atomic mass is 32.1. The van der Waals surface area contributed by atoms with Gasteiger partial charge in [0.05, 0.1) is 12.0 Å². The summed E-state index contributed by atoms with van der Waals surface area (Å²) >= 11 is 6.90. The number of fused-ring (bicyclic) bond motifs is 1. The highest BCUT2D eigenvalue weighted by Gasteiger charge is 2.11. The van der Waals surface area contributed by atoms with Gasteiger partial charge in [-0.3, -0.25) is 14.5 Å². The van der Waals surface area contributed by atoms with Crippen LogP contribution >= 0.6 is 23.6 Å². The number of nitrogens with zero attached hydrogens (tertiary/aromatic N) is 2. The number of ether oxygens (including phenoxy) is 1. The first-order valence-electron chi connectivity index (χ1n) is 9.16. The number of carbonyl (C=O) groups excluding carboxylic acids is 1. The van der Waals surface area contributed by atoms with E-state index in [-0.39, 0.29) is 5.91 Å². The predicted octanol–water partition coefficient (Wildman–Crippen LogP) is 4.54. The molecule has 0 radical (unpaired) electrons. The molecule has 4 rings (SSSR count). The van der Waals surface area contributed by atoms with Gasteiger partial charge < -0.3 is 10.1 Å². The lowest BCUT2D eigenvalue weighted by atomic mass is 10.1. The Labute approximate surface area is 177 Å². The SMILES string of the molecule is COc1ccc2cc(CNC(=O)CCn3c(-c4cccs4)n[nH]c3=S)ccc2c1. The Kier molecular flexibility index (Phi) is 5.73. The summed E-state index contributed by atoms with van der Waals surface area (Å²) in [6.07, 6.45) is 0.330. The number of hydrogen-bond acceptors (Lipinski definition) is 5. The van der Waals surface area contributed by atoms with Crippen molar-refractivity contribution in [3.63, 3.8) is 0 Å². The van der Waals surface area contributed by atoms with E-state index < -0.39 is 0 Å². The normalized spacial score (nSPS) is 10.9. The molecule has 2 aromatic carbocycles. The van der Waals surface area contributed by atoms with Crippen LogP contribution in [0.25, 0.3) is 21.5 Å².